The number of pyridine rings is 1. The Hall–Kier alpha value is -1.58. The quantitative estimate of drug-likeness (QED) is 0.613. The fourth-order valence-corrected chi connectivity index (χ4v) is 1.35. The lowest BCUT2D eigenvalue weighted by Gasteiger charge is -2.06. The van der Waals surface area contributed by atoms with Crippen molar-refractivity contribution in [1.82, 2.24) is 4.98 Å². The fourth-order valence-electron chi connectivity index (χ4n) is 1.35. The summed E-state index contributed by atoms with van der Waals surface area (Å²) in [5, 5.41) is 0. The number of esters is 1. The largest absolute Gasteiger partial charge is 0.462 e. The molecule has 2 N–H and O–H groups in total. The molecule has 0 aromatic carbocycles. The third kappa shape index (κ3) is 3.53. The Morgan fingerprint density at radius 3 is 2.94 bits per heavy atom. The van der Waals surface area contributed by atoms with Gasteiger partial charge in [-0.15, -0.1) is 0 Å². The number of hydrogen-bond donors (Lipinski definition) is 1. The van der Waals surface area contributed by atoms with Crippen LogP contribution < -0.4 is 5.73 Å². The molecule has 0 saturated carbocycles. The summed E-state index contributed by atoms with van der Waals surface area (Å²) >= 11 is 0. The first-order chi connectivity index (χ1) is 7.65. The molecular formula is C12H18N2O2. The molecule has 4 heteroatoms. The summed E-state index contributed by atoms with van der Waals surface area (Å²) in [6.45, 7) is 4.33. The molecule has 0 amide bonds. The minimum atomic E-state index is -0.339. The highest BCUT2D eigenvalue weighted by molar-refractivity contribution is 5.91. The minimum Gasteiger partial charge on any atom is -0.462 e. The first-order valence-electron chi connectivity index (χ1n) is 5.54. The van der Waals surface area contributed by atoms with E-state index in [2.05, 4.69) is 11.9 Å². The van der Waals surface area contributed by atoms with Crippen LogP contribution in [0.4, 0.5) is 5.69 Å². The lowest BCUT2D eigenvalue weighted by molar-refractivity contribution is 0.0497. The normalized spacial score (nSPS) is 10.1. The summed E-state index contributed by atoms with van der Waals surface area (Å²) in [5.74, 6) is -0.339. The number of aromatic nitrogens is 1. The second-order valence-electron chi connectivity index (χ2n) is 3.74. The van der Waals surface area contributed by atoms with Crippen molar-refractivity contribution in [3.05, 3.63) is 23.5 Å². The molecule has 0 atom stereocenters. The van der Waals surface area contributed by atoms with Gasteiger partial charge in [0, 0.05) is 0 Å². The van der Waals surface area contributed by atoms with Crippen molar-refractivity contribution in [3.8, 4) is 0 Å². The van der Waals surface area contributed by atoms with Crippen molar-refractivity contribution in [2.24, 2.45) is 0 Å². The van der Waals surface area contributed by atoms with Crippen LogP contribution in [0.1, 0.15) is 42.2 Å². The number of hydrogen-bond acceptors (Lipinski definition) is 4. The molecule has 0 saturated heterocycles. The van der Waals surface area contributed by atoms with Crippen molar-refractivity contribution >= 4 is 11.7 Å². The van der Waals surface area contributed by atoms with Gasteiger partial charge in [0.05, 0.1) is 29.7 Å². The van der Waals surface area contributed by atoms with Crippen LogP contribution in [0.5, 0.6) is 0 Å². The summed E-state index contributed by atoms with van der Waals surface area (Å²) in [4.78, 5) is 15.7. The average Bonchev–Trinajstić information content (AvgIpc) is 2.27. The highest BCUT2D eigenvalue weighted by Gasteiger charge is 2.11. The van der Waals surface area contributed by atoms with Crippen LogP contribution in [0.3, 0.4) is 0 Å². The monoisotopic (exact) mass is 222 g/mol. The zero-order chi connectivity index (χ0) is 12.0. The molecule has 0 spiro atoms. The molecule has 1 rings (SSSR count). The maximum Gasteiger partial charge on any atom is 0.340 e. The Labute approximate surface area is 95.8 Å². The molecule has 0 radical (unpaired) electrons. The van der Waals surface area contributed by atoms with E-state index < -0.39 is 0 Å². The van der Waals surface area contributed by atoms with Gasteiger partial charge in [-0.05, 0) is 19.4 Å². The Morgan fingerprint density at radius 2 is 2.25 bits per heavy atom. The molecule has 1 aromatic rings. The van der Waals surface area contributed by atoms with Gasteiger partial charge in [-0.1, -0.05) is 19.8 Å². The van der Waals surface area contributed by atoms with E-state index in [1.807, 2.05) is 0 Å². The van der Waals surface area contributed by atoms with Gasteiger partial charge in [0.2, 0.25) is 0 Å². The SMILES string of the molecule is CCCCCOC(=O)c1cc(N)cnc1C. The number of carbonyl (C=O) groups is 1. The number of anilines is 1. The lowest BCUT2D eigenvalue weighted by atomic mass is 10.2. The van der Waals surface area contributed by atoms with Crippen LogP contribution in [-0.2, 0) is 4.74 Å². The van der Waals surface area contributed by atoms with Crippen molar-refractivity contribution < 1.29 is 9.53 Å². The van der Waals surface area contributed by atoms with Crippen LogP contribution in [-0.4, -0.2) is 17.6 Å². The summed E-state index contributed by atoms with van der Waals surface area (Å²) in [5.41, 5.74) is 7.15. The second kappa shape index (κ2) is 6.10. The Bertz CT molecular complexity index is 364. The van der Waals surface area contributed by atoms with Crippen LogP contribution in [0.25, 0.3) is 0 Å². The smallest absolute Gasteiger partial charge is 0.340 e. The fraction of sp³-hybridized carbons (Fsp3) is 0.500. The molecule has 0 aliphatic rings. The minimum absolute atomic E-state index is 0.339. The summed E-state index contributed by atoms with van der Waals surface area (Å²) in [6, 6.07) is 1.60. The number of nitrogen functional groups attached to an aromatic ring is 1. The molecule has 0 fully saturated rings. The molecule has 16 heavy (non-hydrogen) atoms. The van der Waals surface area contributed by atoms with Crippen LogP contribution in [0.2, 0.25) is 0 Å². The van der Waals surface area contributed by atoms with Gasteiger partial charge in [-0.2, -0.15) is 0 Å². The Kier molecular flexibility index (Phi) is 4.76. The van der Waals surface area contributed by atoms with Crippen molar-refractivity contribution in [3.63, 3.8) is 0 Å². The number of unbranched alkanes of at least 4 members (excludes halogenated alkanes) is 2. The van der Waals surface area contributed by atoms with Crippen molar-refractivity contribution in [2.75, 3.05) is 12.3 Å². The molecule has 1 heterocycles. The molecule has 0 bridgehead atoms. The molecule has 0 aliphatic carbocycles. The standard InChI is InChI=1S/C12H18N2O2/c1-3-4-5-6-16-12(15)11-7-10(13)8-14-9(11)2/h7-8H,3-6,13H2,1-2H3. The Balaban J connectivity index is 2.55. The molecular weight excluding hydrogens is 204 g/mol. The van der Waals surface area contributed by atoms with E-state index in [1.165, 1.54) is 6.20 Å². The zero-order valence-electron chi connectivity index (χ0n) is 9.82. The predicted molar refractivity (Wildman–Crippen MR) is 63.2 cm³/mol. The summed E-state index contributed by atoms with van der Waals surface area (Å²) < 4.78 is 5.13. The third-order valence-corrected chi connectivity index (χ3v) is 2.31. The van der Waals surface area contributed by atoms with Gasteiger partial charge in [0.25, 0.3) is 0 Å². The number of nitrogens with two attached hydrogens (primary N) is 1. The second-order valence-corrected chi connectivity index (χ2v) is 3.74. The van der Waals surface area contributed by atoms with Crippen molar-refractivity contribution in [1.29, 1.82) is 0 Å². The van der Waals surface area contributed by atoms with Gasteiger partial charge in [-0.25, -0.2) is 4.79 Å². The van der Waals surface area contributed by atoms with Crippen LogP contribution in [0.15, 0.2) is 12.3 Å². The number of rotatable bonds is 5. The number of aryl methyl sites for hydroxylation is 1. The zero-order valence-corrected chi connectivity index (χ0v) is 9.82. The van der Waals surface area contributed by atoms with Gasteiger partial charge < -0.3 is 10.5 Å². The molecule has 1 aromatic heterocycles. The van der Waals surface area contributed by atoms with E-state index >= 15 is 0 Å². The topological polar surface area (TPSA) is 65.2 Å². The Morgan fingerprint density at radius 1 is 1.50 bits per heavy atom. The van der Waals surface area contributed by atoms with E-state index in [4.69, 9.17) is 10.5 Å². The maximum atomic E-state index is 11.7. The molecule has 0 aliphatic heterocycles. The highest BCUT2D eigenvalue weighted by Crippen LogP contribution is 2.11. The first kappa shape index (κ1) is 12.5. The van der Waals surface area contributed by atoms with E-state index in [9.17, 15) is 4.79 Å². The molecule has 4 nitrogen and oxygen atoms in total. The van der Waals surface area contributed by atoms with Crippen LogP contribution >= 0.6 is 0 Å². The van der Waals surface area contributed by atoms with Crippen LogP contribution in [0, 0.1) is 6.92 Å². The lowest BCUT2D eigenvalue weighted by Crippen LogP contribution is -2.09. The van der Waals surface area contributed by atoms with E-state index in [-0.39, 0.29) is 5.97 Å². The van der Waals surface area contributed by atoms with Gasteiger partial charge in [0.15, 0.2) is 0 Å². The number of nitrogens with zero attached hydrogens (tertiary/aromatic N) is 1. The van der Waals surface area contributed by atoms with E-state index in [0.717, 1.165) is 19.3 Å². The maximum absolute atomic E-state index is 11.7. The van der Waals surface area contributed by atoms with E-state index in [1.54, 1.807) is 13.0 Å². The van der Waals surface area contributed by atoms with E-state index in [0.29, 0.717) is 23.6 Å². The van der Waals surface area contributed by atoms with Gasteiger partial charge >= 0.3 is 5.97 Å². The summed E-state index contributed by atoms with van der Waals surface area (Å²) in [6.07, 6.45) is 4.61. The van der Waals surface area contributed by atoms with Gasteiger partial charge in [-0.3, -0.25) is 4.98 Å². The highest BCUT2D eigenvalue weighted by atomic mass is 16.5. The average molecular weight is 222 g/mol. The third-order valence-electron chi connectivity index (χ3n) is 2.31. The number of ether oxygens (including phenoxy) is 1. The molecule has 88 valence electrons. The number of carbonyl (C=O) groups excluding carboxylic acids is 1. The predicted octanol–water partition coefficient (Wildman–Crippen LogP) is 2.32. The van der Waals surface area contributed by atoms with Gasteiger partial charge in [0.1, 0.15) is 0 Å². The first-order valence-corrected chi connectivity index (χ1v) is 5.54. The summed E-state index contributed by atoms with van der Waals surface area (Å²) in [7, 11) is 0. The van der Waals surface area contributed by atoms with Crippen molar-refractivity contribution in [2.45, 2.75) is 33.1 Å². The molecule has 0 unspecified atom stereocenters.